The summed E-state index contributed by atoms with van der Waals surface area (Å²) >= 11 is 1.63. The van der Waals surface area contributed by atoms with Crippen LogP contribution in [-0.2, 0) is 13.0 Å². The second-order valence-electron chi connectivity index (χ2n) is 6.78. The van der Waals surface area contributed by atoms with E-state index in [0.717, 1.165) is 52.3 Å². The van der Waals surface area contributed by atoms with E-state index in [0.29, 0.717) is 6.54 Å². The van der Waals surface area contributed by atoms with E-state index < -0.39 is 0 Å². The molecule has 6 nitrogen and oxygen atoms in total. The number of hydrogen-bond donors (Lipinski definition) is 2. The lowest BCUT2D eigenvalue weighted by Crippen LogP contribution is -2.37. The molecule has 0 fully saturated rings. The van der Waals surface area contributed by atoms with Crippen LogP contribution in [0.5, 0.6) is 11.5 Å². The molecule has 0 aliphatic carbocycles. The average molecular weight is 552 g/mol. The Labute approximate surface area is 205 Å². The van der Waals surface area contributed by atoms with Gasteiger partial charge < -0.3 is 20.1 Å². The Morgan fingerprint density at radius 3 is 2.52 bits per heavy atom. The van der Waals surface area contributed by atoms with Gasteiger partial charge in [0.15, 0.2) is 5.96 Å². The van der Waals surface area contributed by atoms with E-state index in [1.54, 1.807) is 32.6 Å². The standard InChI is InChI=1S/C23H28N4O2S.HI/c1-16-5-6-17(13-21(16)29-4)11-12-25-23(24-2)26-14-19-15-30-22(27-19)18-7-9-20(28-3)10-8-18;/h5-10,13,15H,11-12,14H2,1-4H3,(H2,24,25,26);1H. The van der Waals surface area contributed by atoms with Crippen LogP contribution in [0, 0.1) is 6.92 Å². The van der Waals surface area contributed by atoms with Crippen molar-refractivity contribution in [1.82, 2.24) is 15.6 Å². The van der Waals surface area contributed by atoms with Crippen molar-refractivity contribution in [3.63, 3.8) is 0 Å². The van der Waals surface area contributed by atoms with Crippen LogP contribution in [0.25, 0.3) is 10.6 Å². The molecule has 0 aliphatic rings. The summed E-state index contributed by atoms with van der Waals surface area (Å²) in [4.78, 5) is 9.01. The third kappa shape index (κ3) is 7.10. The smallest absolute Gasteiger partial charge is 0.191 e. The molecule has 2 N–H and O–H groups in total. The summed E-state index contributed by atoms with van der Waals surface area (Å²) in [6.45, 7) is 3.44. The van der Waals surface area contributed by atoms with Crippen LogP contribution in [0.1, 0.15) is 16.8 Å². The van der Waals surface area contributed by atoms with Crippen molar-refractivity contribution < 1.29 is 9.47 Å². The number of ether oxygens (including phenoxy) is 2. The van der Waals surface area contributed by atoms with Gasteiger partial charge >= 0.3 is 0 Å². The minimum Gasteiger partial charge on any atom is -0.497 e. The van der Waals surface area contributed by atoms with Crippen molar-refractivity contribution in [1.29, 1.82) is 0 Å². The molecule has 3 rings (SSSR count). The molecule has 0 spiro atoms. The van der Waals surface area contributed by atoms with Crippen molar-refractivity contribution in [2.45, 2.75) is 19.9 Å². The van der Waals surface area contributed by atoms with E-state index in [4.69, 9.17) is 14.5 Å². The number of hydrogen-bond acceptors (Lipinski definition) is 5. The normalized spacial score (nSPS) is 10.9. The van der Waals surface area contributed by atoms with Crippen LogP contribution in [0.3, 0.4) is 0 Å². The summed E-state index contributed by atoms with van der Waals surface area (Å²) in [6, 6.07) is 14.2. The largest absolute Gasteiger partial charge is 0.497 e. The molecule has 0 saturated heterocycles. The van der Waals surface area contributed by atoms with Gasteiger partial charge in [-0.05, 0) is 54.8 Å². The van der Waals surface area contributed by atoms with Gasteiger partial charge in [-0.1, -0.05) is 12.1 Å². The number of aromatic nitrogens is 1. The minimum absolute atomic E-state index is 0. The highest BCUT2D eigenvalue weighted by Gasteiger charge is 2.07. The Morgan fingerprint density at radius 1 is 1.06 bits per heavy atom. The van der Waals surface area contributed by atoms with Crippen LogP contribution in [0.4, 0.5) is 0 Å². The molecule has 0 amide bonds. The Kier molecular flexibility index (Phi) is 10.1. The summed E-state index contributed by atoms with van der Waals surface area (Å²) in [5.74, 6) is 2.52. The molecule has 0 radical (unpaired) electrons. The van der Waals surface area contributed by atoms with Crippen molar-refractivity contribution in [2.75, 3.05) is 27.8 Å². The number of aliphatic imine (C=N–C) groups is 1. The SMILES string of the molecule is CN=C(NCCc1ccc(C)c(OC)c1)NCc1csc(-c2ccc(OC)cc2)n1.I. The fraction of sp³-hybridized carbons (Fsp3) is 0.304. The molecular weight excluding hydrogens is 523 g/mol. The number of nitrogens with one attached hydrogen (secondary N) is 2. The number of benzene rings is 2. The van der Waals surface area contributed by atoms with Crippen molar-refractivity contribution in [3.05, 3.63) is 64.7 Å². The number of nitrogens with zero attached hydrogens (tertiary/aromatic N) is 2. The first-order valence-corrected chi connectivity index (χ1v) is 10.7. The lowest BCUT2D eigenvalue weighted by atomic mass is 10.1. The van der Waals surface area contributed by atoms with Crippen molar-refractivity contribution >= 4 is 41.3 Å². The number of methoxy groups -OCH3 is 2. The minimum atomic E-state index is 0. The number of rotatable bonds is 8. The number of thiazole rings is 1. The van der Waals surface area contributed by atoms with Gasteiger partial charge in [-0.25, -0.2) is 4.98 Å². The van der Waals surface area contributed by atoms with Crippen LogP contribution < -0.4 is 20.1 Å². The first-order chi connectivity index (χ1) is 14.6. The third-order valence-corrected chi connectivity index (χ3v) is 5.67. The Balaban J connectivity index is 0.00000341. The third-order valence-electron chi connectivity index (χ3n) is 4.73. The van der Waals surface area contributed by atoms with E-state index in [2.05, 4.69) is 39.2 Å². The number of guanidine groups is 1. The van der Waals surface area contributed by atoms with E-state index in [1.807, 2.05) is 31.2 Å². The van der Waals surface area contributed by atoms with E-state index >= 15 is 0 Å². The summed E-state index contributed by atoms with van der Waals surface area (Å²) in [5.41, 5.74) is 4.44. The summed E-state index contributed by atoms with van der Waals surface area (Å²) in [5, 5.41) is 9.74. The Bertz CT molecular complexity index is 989. The molecule has 0 bridgehead atoms. The van der Waals surface area contributed by atoms with E-state index in [9.17, 15) is 0 Å². The van der Waals surface area contributed by atoms with E-state index in [1.165, 1.54) is 5.56 Å². The quantitative estimate of drug-likeness (QED) is 0.242. The fourth-order valence-electron chi connectivity index (χ4n) is 2.99. The maximum atomic E-state index is 5.40. The molecule has 166 valence electrons. The molecule has 0 unspecified atom stereocenters. The molecule has 0 atom stereocenters. The van der Waals surface area contributed by atoms with Gasteiger partial charge in [-0.2, -0.15) is 0 Å². The van der Waals surface area contributed by atoms with Crippen LogP contribution in [0.2, 0.25) is 0 Å². The highest BCUT2D eigenvalue weighted by atomic mass is 127. The molecule has 0 aliphatic heterocycles. The van der Waals surface area contributed by atoms with Crippen molar-refractivity contribution in [2.24, 2.45) is 4.99 Å². The van der Waals surface area contributed by atoms with E-state index in [-0.39, 0.29) is 24.0 Å². The van der Waals surface area contributed by atoms with Gasteiger partial charge in [0.2, 0.25) is 0 Å². The maximum Gasteiger partial charge on any atom is 0.191 e. The second-order valence-corrected chi connectivity index (χ2v) is 7.64. The van der Waals surface area contributed by atoms with Crippen molar-refractivity contribution in [3.8, 4) is 22.1 Å². The van der Waals surface area contributed by atoms with Crippen LogP contribution in [0.15, 0.2) is 52.8 Å². The molecule has 2 aromatic carbocycles. The van der Waals surface area contributed by atoms with Crippen LogP contribution >= 0.6 is 35.3 Å². The molecular formula is C23H29IN4O2S. The van der Waals surface area contributed by atoms with Gasteiger partial charge in [0.25, 0.3) is 0 Å². The second kappa shape index (κ2) is 12.5. The molecule has 31 heavy (non-hydrogen) atoms. The van der Waals surface area contributed by atoms with Gasteiger partial charge in [-0.3, -0.25) is 4.99 Å². The fourth-order valence-corrected chi connectivity index (χ4v) is 3.82. The van der Waals surface area contributed by atoms with Gasteiger partial charge in [-0.15, -0.1) is 35.3 Å². The molecule has 3 aromatic rings. The van der Waals surface area contributed by atoms with Gasteiger partial charge in [0.05, 0.1) is 26.5 Å². The zero-order valence-corrected chi connectivity index (χ0v) is 21.4. The number of aryl methyl sites for hydroxylation is 1. The maximum absolute atomic E-state index is 5.40. The average Bonchev–Trinajstić information content (AvgIpc) is 3.26. The summed E-state index contributed by atoms with van der Waals surface area (Å²) < 4.78 is 10.6. The lowest BCUT2D eigenvalue weighted by molar-refractivity contribution is 0.411. The number of halogens is 1. The zero-order chi connectivity index (χ0) is 21.3. The Morgan fingerprint density at radius 2 is 1.84 bits per heavy atom. The van der Waals surface area contributed by atoms with Gasteiger partial charge in [0.1, 0.15) is 16.5 Å². The topological polar surface area (TPSA) is 67.8 Å². The molecule has 8 heteroatoms. The summed E-state index contributed by atoms with van der Waals surface area (Å²) in [7, 11) is 5.14. The summed E-state index contributed by atoms with van der Waals surface area (Å²) in [6.07, 6.45) is 0.885. The molecule has 0 saturated carbocycles. The van der Waals surface area contributed by atoms with Gasteiger partial charge in [0, 0.05) is 24.5 Å². The highest BCUT2D eigenvalue weighted by molar-refractivity contribution is 14.0. The monoisotopic (exact) mass is 552 g/mol. The molecule has 1 aromatic heterocycles. The highest BCUT2D eigenvalue weighted by Crippen LogP contribution is 2.25. The first-order valence-electron chi connectivity index (χ1n) is 9.79. The predicted molar refractivity (Wildman–Crippen MR) is 139 cm³/mol. The molecule has 1 heterocycles. The lowest BCUT2D eigenvalue weighted by Gasteiger charge is -2.12. The first kappa shape index (κ1) is 24.9. The predicted octanol–water partition coefficient (Wildman–Crippen LogP) is 4.66. The Hall–Kier alpha value is -2.33. The van der Waals surface area contributed by atoms with Crippen LogP contribution in [-0.4, -0.2) is 38.8 Å². The zero-order valence-electron chi connectivity index (χ0n) is 18.3.